The highest BCUT2D eigenvalue weighted by Gasteiger charge is 2.81. The predicted octanol–water partition coefficient (Wildman–Crippen LogP) is 1.87. The van der Waals surface area contributed by atoms with Crippen molar-refractivity contribution in [2.75, 3.05) is 0 Å². The summed E-state index contributed by atoms with van der Waals surface area (Å²) in [5.41, 5.74) is -5.35. The predicted molar refractivity (Wildman–Crippen MR) is 155 cm³/mol. The van der Waals surface area contributed by atoms with Crippen molar-refractivity contribution in [3.05, 3.63) is 11.8 Å². The quantitative estimate of drug-likeness (QED) is 0.260. The van der Waals surface area contributed by atoms with Crippen molar-refractivity contribution in [3.63, 3.8) is 0 Å². The fourth-order valence-electron chi connectivity index (χ4n) is 11.8. The molecule has 4 saturated carbocycles. The zero-order valence-corrected chi connectivity index (χ0v) is 27.5. The van der Waals surface area contributed by atoms with Gasteiger partial charge < -0.3 is 33.9 Å². The van der Waals surface area contributed by atoms with Gasteiger partial charge in [-0.25, -0.2) is 4.79 Å². The molecule has 2 N–H and O–H groups in total. The molecule has 252 valence electrons. The number of aliphatic hydroxyl groups excluding tert-OH is 1. The largest absolute Gasteiger partial charge is 0.462 e. The summed E-state index contributed by atoms with van der Waals surface area (Å²) in [5, 5.41) is 23.6. The van der Waals surface area contributed by atoms with E-state index in [0.29, 0.717) is 6.42 Å². The van der Waals surface area contributed by atoms with Gasteiger partial charge in [-0.2, -0.15) is 0 Å². The molecule has 0 spiro atoms. The minimum atomic E-state index is -2.00. The van der Waals surface area contributed by atoms with E-state index in [1.54, 1.807) is 6.92 Å². The minimum Gasteiger partial charge on any atom is -0.462 e. The molecule has 12 nitrogen and oxygen atoms in total. The number of epoxide rings is 1. The number of fused-ring (bicyclic) bond motifs is 10. The standard InChI is InChI=1S/C34H44O12/c1-12-9-20-33(7,34(8,41)30(40)46-20)24-22(12)32(6)19(42-13(2)35)11-16-21(23(32)28(24)43-14(3)36)26(39)25(38)17-10-18-27(45-18)29(31(16,17)5)44-15(4)37/h9,12,16-19,21-25,27-29,38,41H,10-11H2,1-8H3/t12-,16+,17-,18+,19+,21-,22+,23-,24+,25?,27+,28-,29+,31-,32-,33+,34-/m1/s1. The number of allylic oxidation sites excluding steroid dienone is 1. The lowest BCUT2D eigenvalue weighted by Crippen LogP contribution is -2.70. The fourth-order valence-corrected chi connectivity index (χ4v) is 11.8. The highest BCUT2D eigenvalue weighted by Crippen LogP contribution is 2.75. The molecule has 5 aliphatic carbocycles. The van der Waals surface area contributed by atoms with Crippen molar-refractivity contribution in [3.8, 4) is 0 Å². The summed E-state index contributed by atoms with van der Waals surface area (Å²) in [7, 11) is 0. The molecule has 1 unspecified atom stereocenters. The molecular weight excluding hydrogens is 600 g/mol. The number of aliphatic hydroxyl groups is 2. The summed E-state index contributed by atoms with van der Waals surface area (Å²) in [6.45, 7) is 12.8. The zero-order chi connectivity index (χ0) is 33.6. The van der Waals surface area contributed by atoms with Crippen molar-refractivity contribution >= 4 is 29.7 Å². The van der Waals surface area contributed by atoms with E-state index in [1.165, 1.54) is 27.7 Å². The smallest absolute Gasteiger partial charge is 0.343 e. The van der Waals surface area contributed by atoms with E-state index >= 15 is 0 Å². The summed E-state index contributed by atoms with van der Waals surface area (Å²) < 4.78 is 30.0. The molecule has 0 radical (unpaired) electrons. The van der Waals surface area contributed by atoms with Gasteiger partial charge in [0.15, 0.2) is 11.4 Å². The highest BCUT2D eigenvalue weighted by molar-refractivity contribution is 5.88. The summed E-state index contributed by atoms with van der Waals surface area (Å²) in [4.78, 5) is 66.0. The Labute approximate surface area is 267 Å². The highest BCUT2D eigenvalue weighted by atomic mass is 16.6. The molecule has 46 heavy (non-hydrogen) atoms. The number of rotatable bonds is 3. The Morgan fingerprint density at radius 2 is 1.50 bits per heavy atom. The van der Waals surface area contributed by atoms with Crippen LogP contribution >= 0.6 is 0 Å². The van der Waals surface area contributed by atoms with Crippen LogP contribution in [0.15, 0.2) is 11.8 Å². The van der Waals surface area contributed by atoms with E-state index in [4.69, 9.17) is 23.7 Å². The molecule has 6 fully saturated rings. The monoisotopic (exact) mass is 644 g/mol. The van der Waals surface area contributed by atoms with Crippen molar-refractivity contribution in [2.45, 2.75) is 110 Å². The van der Waals surface area contributed by atoms with Gasteiger partial charge in [0.2, 0.25) is 0 Å². The molecule has 0 amide bonds. The van der Waals surface area contributed by atoms with Crippen molar-refractivity contribution in [1.29, 1.82) is 0 Å². The van der Waals surface area contributed by atoms with E-state index in [0.717, 1.165) is 0 Å². The molecule has 0 aromatic heterocycles. The lowest BCUT2D eigenvalue weighted by Gasteiger charge is -2.63. The first-order valence-electron chi connectivity index (χ1n) is 16.4. The second-order valence-corrected chi connectivity index (χ2v) is 15.8. The van der Waals surface area contributed by atoms with Gasteiger partial charge in [-0.1, -0.05) is 20.8 Å². The van der Waals surface area contributed by atoms with E-state index in [-0.39, 0.29) is 24.2 Å². The maximum Gasteiger partial charge on any atom is 0.343 e. The zero-order valence-electron chi connectivity index (χ0n) is 27.5. The Kier molecular flexibility index (Phi) is 6.64. The number of hydrogen-bond acceptors (Lipinski definition) is 12. The summed E-state index contributed by atoms with van der Waals surface area (Å²) in [6.07, 6.45) is -2.22. The van der Waals surface area contributed by atoms with Crippen LogP contribution in [0, 0.1) is 57.7 Å². The molecule has 12 heteroatoms. The first-order valence-corrected chi connectivity index (χ1v) is 16.4. The molecule has 0 bridgehead atoms. The van der Waals surface area contributed by atoms with Gasteiger partial charge in [0.25, 0.3) is 0 Å². The van der Waals surface area contributed by atoms with Crippen molar-refractivity contribution in [2.24, 2.45) is 57.7 Å². The second-order valence-electron chi connectivity index (χ2n) is 15.8. The third-order valence-electron chi connectivity index (χ3n) is 13.8. The van der Waals surface area contributed by atoms with Crippen LogP contribution in [0.2, 0.25) is 0 Å². The first kappa shape index (κ1) is 31.8. The fraction of sp³-hybridized carbons (Fsp3) is 0.794. The van der Waals surface area contributed by atoms with Gasteiger partial charge in [0.05, 0.1) is 11.5 Å². The number of carbonyl (C=O) groups excluding carboxylic acids is 5. The Morgan fingerprint density at radius 1 is 0.870 bits per heavy atom. The molecule has 0 aromatic carbocycles. The Hall–Kier alpha value is -2.83. The normalized spacial score (nSPS) is 54.4. The summed E-state index contributed by atoms with van der Waals surface area (Å²) in [5.74, 6) is -6.98. The van der Waals surface area contributed by atoms with E-state index < -0.39 is 118 Å². The van der Waals surface area contributed by atoms with E-state index in [2.05, 4.69) is 0 Å². The molecule has 0 aromatic rings. The number of ether oxygens (including phenoxy) is 5. The van der Waals surface area contributed by atoms with Gasteiger partial charge in [-0.3, -0.25) is 19.2 Å². The van der Waals surface area contributed by atoms with Gasteiger partial charge >= 0.3 is 23.9 Å². The topological polar surface area (TPSA) is 175 Å². The van der Waals surface area contributed by atoms with Gasteiger partial charge in [-0.05, 0) is 50.5 Å². The maximum atomic E-state index is 14.6. The van der Waals surface area contributed by atoms with Gasteiger partial charge in [-0.15, -0.1) is 0 Å². The maximum absolute atomic E-state index is 14.6. The van der Waals surface area contributed by atoms with E-state index in [9.17, 15) is 34.2 Å². The van der Waals surface area contributed by atoms with Crippen LogP contribution in [0.1, 0.15) is 68.2 Å². The number of hydrogen-bond donors (Lipinski definition) is 2. The van der Waals surface area contributed by atoms with Crippen LogP contribution < -0.4 is 0 Å². The average molecular weight is 645 g/mol. The lowest BCUT2D eigenvalue weighted by molar-refractivity contribution is -0.230. The van der Waals surface area contributed by atoms with Crippen molar-refractivity contribution in [1.82, 2.24) is 0 Å². The van der Waals surface area contributed by atoms with Crippen LogP contribution in [0.3, 0.4) is 0 Å². The first-order chi connectivity index (χ1) is 21.3. The number of Topliss-reactive ketones (excluding diaryl/α,β-unsaturated/α-hetero) is 1. The molecule has 2 saturated heterocycles. The molecule has 7 rings (SSSR count). The second kappa shape index (κ2) is 9.63. The SMILES string of the molecule is CC(=O)O[C@@H]1[C@H]2[C@@H]3C(=O)C(O)[C@H]4C[C@@H]5O[C@@H]5[C@H](OC(C)=O)[C@]4(C)[C@H]3C[C@H](OC(C)=O)[C@]2(C)[C@@H]2[C@@H]1[C@]1(C)C(=C[C@H]2C)OC(=O)[C@@]1(C)O. The third-order valence-corrected chi connectivity index (χ3v) is 13.8. The van der Waals surface area contributed by atoms with Gasteiger partial charge in [0.1, 0.15) is 36.3 Å². The summed E-state index contributed by atoms with van der Waals surface area (Å²) >= 11 is 0. The summed E-state index contributed by atoms with van der Waals surface area (Å²) in [6, 6.07) is 0. The van der Waals surface area contributed by atoms with Crippen LogP contribution in [0.5, 0.6) is 0 Å². The lowest BCUT2D eigenvalue weighted by atomic mass is 9.42. The third kappa shape index (κ3) is 3.69. The Morgan fingerprint density at radius 3 is 2.11 bits per heavy atom. The van der Waals surface area contributed by atoms with Crippen LogP contribution in [-0.2, 0) is 47.7 Å². The van der Waals surface area contributed by atoms with E-state index in [1.807, 2.05) is 26.8 Å². The number of esters is 4. The average Bonchev–Trinajstić information content (AvgIpc) is 3.63. The molecule has 17 atom stereocenters. The molecule has 7 aliphatic rings. The van der Waals surface area contributed by atoms with Crippen LogP contribution in [0.25, 0.3) is 0 Å². The minimum absolute atomic E-state index is 0.222. The molecular formula is C34H44O12. The van der Waals surface area contributed by atoms with Crippen molar-refractivity contribution < 1.29 is 57.9 Å². The Balaban J connectivity index is 1.46. The number of ketones is 1. The van der Waals surface area contributed by atoms with Gasteiger partial charge in [0, 0.05) is 55.3 Å². The molecule has 2 heterocycles. The van der Waals surface area contributed by atoms with Crippen LogP contribution in [-0.4, -0.2) is 82.1 Å². The number of carbonyl (C=O) groups is 5. The van der Waals surface area contributed by atoms with Crippen LogP contribution in [0.4, 0.5) is 0 Å². The molecule has 2 aliphatic heterocycles. The Bertz CT molecular complexity index is 1470.